The van der Waals surface area contributed by atoms with E-state index >= 15 is 0 Å². The van der Waals surface area contributed by atoms with Crippen molar-refractivity contribution in [1.29, 1.82) is 5.53 Å². The third-order valence-corrected chi connectivity index (χ3v) is 2.53. The monoisotopic (exact) mass is 249 g/mol. The van der Waals surface area contributed by atoms with Gasteiger partial charge < -0.3 is 5.73 Å². The van der Waals surface area contributed by atoms with Crippen molar-refractivity contribution in [2.75, 3.05) is 0 Å². The maximum Gasteiger partial charge on any atom is 0.374 e. The lowest BCUT2D eigenvalue weighted by atomic mass is 9.99. The van der Waals surface area contributed by atoms with Gasteiger partial charge in [0.05, 0.1) is 21.3 Å². The zero-order valence-electron chi connectivity index (χ0n) is 9.79. The molecule has 7 heteroatoms. The number of nitrogens with one attached hydrogen (secondary N) is 1. The predicted octanol–water partition coefficient (Wildman–Crippen LogP) is 0.652. The second-order valence-electron chi connectivity index (χ2n) is 3.84. The summed E-state index contributed by atoms with van der Waals surface area (Å²) in [7, 11) is 0. The molecule has 7 nitrogen and oxygen atoms in total. The number of Topliss-reactive ketones (excluding diaryl/α,β-unsaturated/α-hetero) is 1. The summed E-state index contributed by atoms with van der Waals surface area (Å²) in [5.41, 5.74) is 13.7. The van der Waals surface area contributed by atoms with Gasteiger partial charge in [-0.25, -0.2) is 0 Å². The number of aryl methyl sites for hydroxylation is 1. The molecular weight excluding hydrogens is 236 g/mol. The Bertz CT molecular complexity index is 535. The summed E-state index contributed by atoms with van der Waals surface area (Å²) in [5, 5.41) is 10.6. The van der Waals surface area contributed by atoms with Gasteiger partial charge in [-0.2, -0.15) is 0 Å². The zero-order valence-corrected chi connectivity index (χ0v) is 9.79. The Balaban J connectivity index is 2.89. The lowest BCUT2D eigenvalue weighted by molar-refractivity contribution is -0.384. The van der Waals surface area contributed by atoms with E-state index in [4.69, 9.17) is 11.3 Å². The van der Waals surface area contributed by atoms with E-state index in [0.717, 1.165) is 11.8 Å². The number of rotatable bonds is 5. The van der Waals surface area contributed by atoms with Crippen LogP contribution in [0, 0.1) is 22.6 Å². The van der Waals surface area contributed by atoms with Crippen LogP contribution in [0.3, 0.4) is 0 Å². The standard InChI is InChI=1S/C11H13N4O3/c1-7-4-9(15(17)18)3-2-8(7)5-10(12)11(16)6-14-13/h2-4,6,10,13H,5,12H2,1H3/q+1. The van der Waals surface area contributed by atoms with Crippen LogP contribution in [0.25, 0.3) is 0 Å². The molecule has 1 unspecified atom stereocenters. The summed E-state index contributed by atoms with van der Waals surface area (Å²) in [6.07, 6.45) is 1.11. The van der Waals surface area contributed by atoms with Gasteiger partial charge in [0.1, 0.15) is 0 Å². The number of benzene rings is 1. The van der Waals surface area contributed by atoms with Crippen LogP contribution in [0.1, 0.15) is 11.1 Å². The molecule has 0 aromatic heterocycles. The van der Waals surface area contributed by atoms with Crippen molar-refractivity contribution in [3.8, 4) is 0 Å². The minimum Gasteiger partial charge on any atom is -0.321 e. The minimum absolute atomic E-state index is 0.00358. The third kappa shape index (κ3) is 3.31. The van der Waals surface area contributed by atoms with E-state index in [1.54, 1.807) is 13.0 Å². The van der Waals surface area contributed by atoms with Gasteiger partial charge in [0.15, 0.2) is 0 Å². The summed E-state index contributed by atoms with van der Waals surface area (Å²) in [6, 6.07) is 3.60. The number of nitrogens with zero attached hydrogens (tertiary/aromatic N) is 2. The molecule has 0 aliphatic heterocycles. The molecule has 0 amide bonds. The number of nitro benzene ring substituents is 1. The number of hydrogen-bond acceptors (Lipinski definition) is 5. The highest BCUT2D eigenvalue weighted by Crippen LogP contribution is 2.18. The summed E-state index contributed by atoms with van der Waals surface area (Å²) in [6.45, 7) is 1.72. The van der Waals surface area contributed by atoms with Crippen molar-refractivity contribution in [2.45, 2.75) is 19.4 Å². The molecule has 0 radical (unpaired) electrons. The molecule has 94 valence electrons. The van der Waals surface area contributed by atoms with Crippen LogP contribution in [-0.4, -0.2) is 27.8 Å². The Morgan fingerprint density at radius 3 is 2.83 bits per heavy atom. The Morgan fingerprint density at radius 1 is 1.67 bits per heavy atom. The summed E-state index contributed by atoms with van der Waals surface area (Å²) in [5.74, 6) is -0.442. The number of carbonyl (C=O) groups excluding carboxylic acids is 1. The molecule has 1 rings (SSSR count). The van der Waals surface area contributed by atoms with Gasteiger partial charge in [-0.1, -0.05) is 6.07 Å². The Morgan fingerprint density at radius 2 is 2.33 bits per heavy atom. The summed E-state index contributed by atoms with van der Waals surface area (Å²) >= 11 is 0. The summed E-state index contributed by atoms with van der Waals surface area (Å²) < 4.78 is 0. The molecule has 0 aliphatic carbocycles. The van der Waals surface area contributed by atoms with Crippen LogP contribution < -0.4 is 5.73 Å². The first-order valence-electron chi connectivity index (χ1n) is 5.19. The highest BCUT2D eigenvalue weighted by atomic mass is 16.6. The van der Waals surface area contributed by atoms with E-state index in [-0.39, 0.29) is 12.1 Å². The second-order valence-corrected chi connectivity index (χ2v) is 3.84. The van der Waals surface area contributed by atoms with E-state index in [1.807, 2.05) is 0 Å². The molecule has 3 N–H and O–H groups in total. The fourth-order valence-corrected chi connectivity index (χ4v) is 1.52. The van der Waals surface area contributed by atoms with Gasteiger partial charge in [-0.15, -0.1) is 0 Å². The molecular formula is C11H13N4O3+. The molecule has 0 spiro atoms. The van der Waals surface area contributed by atoms with Gasteiger partial charge in [0.2, 0.25) is 0 Å². The van der Waals surface area contributed by atoms with Crippen molar-refractivity contribution in [2.24, 2.45) is 5.73 Å². The van der Waals surface area contributed by atoms with Crippen molar-refractivity contribution >= 4 is 17.7 Å². The number of nitrogens with two attached hydrogens (primary N) is 1. The van der Waals surface area contributed by atoms with Crippen LogP contribution >= 0.6 is 0 Å². The average molecular weight is 249 g/mol. The first kappa shape index (κ1) is 13.7. The van der Waals surface area contributed by atoms with Crippen molar-refractivity contribution < 1.29 is 14.5 Å². The fraction of sp³-hybridized carbons (Fsp3) is 0.273. The number of carbonyl (C=O) groups is 1. The van der Waals surface area contributed by atoms with Crippen LogP contribution in [-0.2, 0) is 11.2 Å². The molecule has 0 bridgehead atoms. The molecule has 18 heavy (non-hydrogen) atoms. The van der Waals surface area contributed by atoms with Gasteiger partial charge in [-0.3, -0.25) is 14.9 Å². The third-order valence-electron chi connectivity index (χ3n) is 2.53. The van der Waals surface area contributed by atoms with Crippen LogP contribution in [0.15, 0.2) is 18.2 Å². The Hall–Kier alpha value is -2.37. The normalized spacial score (nSPS) is 11.4. The average Bonchev–Trinajstić information content (AvgIpc) is 2.31. The Labute approximate surface area is 103 Å². The van der Waals surface area contributed by atoms with Crippen LogP contribution in [0.5, 0.6) is 0 Å². The van der Waals surface area contributed by atoms with Crippen molar-refractivity contribution in [3.05, 3.63) is 39.4 Å². The quantitative estimate of drug-likeness (QED) is 0.261. The van der Waals surface area contributed by atoms with E-state index in [1.165, 1.54) is 12.1 Å². The molecule has 0 saturated carbocycles. The maximum atomic E-state index is 11.3. The minimum atomic E-state index is -0.792. The molecule has 1 aromatic rings. The summed E-state index contributed by atoms with van der Waals surface area (Å²) in [4.78, 5) is 24.3. The van der Waals surface area contributed by atoms with Gasteiger partial charge in [0, 0.05) is 12.1 Å². The van der Waals surface area contributed by atoms with Gasteiger partial charge in [0.25, 0.3) is 11.5 Å². The van der Waals surface area contributed by atoms with Crippen molar-refractivity contribution in [3.63, 3.8) is 0 Å². The number of hydrogen-bond donors (Lipinski definition) is 2. The molecule has 1 aromatic carbocycles. The largest absolute Gasteiger partial charge is 0.374 e. The van der Waals surface area contributed by atoms with Crippen molar-refractivity contribution in [1.82, 2.24) is 0 Å². The lowest BCUT2D eigenvalue weighted by Crippen LogP contribution is -2.33. The van der Waals surface area contributed by atoms with Crippen LogP contribution in [0.4, 0.5) is 5.69 Å². The number of non-ortho nitro benzene ring substituents is 1. The second kappa shape index (κ2) is 5.81. The SMILES string of the molecule is Cc1cc([N+](=O)[O-])ccc1CC(N)C(=O)C=[N+]=N. The molecule has 0 saturated heterocycles. The molecule has 1 atom stereocenters. The maximum absolute atomic E-state index is 11.3. The van der Waals surface area contributed by atoms with E-state index in [2.05, 4.69) is 4.79 Å². The first-order chi connectivity index (χ1) is 8.45. The van der Waals surface area contributed by atoms with E-state index in [9.17, 15) is 14.9 Å². The first-order valence-corrected chi connectivity index (χ1v) is 5.19. The van der Waals surface area contributed by atoms with Crippen LogP contribution in [0.2, 0.25) is 0 Å². The highest BCUT2D eigenvalue weighted by Gasteiger charge is 2.18. The zero-order chi connectivity index (χ0) is 13.7. The molecule has 0 heterocycles. The molecule has 0 aliphatic rings. The smallest absolute Gasteiger partial charge is 0.321 e. The topological polar surface area (TPSA) is 124 Å². The van der Waals surface area contributed by atoms with E-state index in [0.29, 0.717) is 5.56 Å². The number of ketones is 1. The van der Waals surface area contributed by atoms with Gasteiger partial charge in [-0.05, 0) is 24.5 Å². The van der Waals surface area contributed by atoms with Gasteiger partial charge >= 0.3 is 6.21 Å². The van der Waals surface area contributed by atoms with E-state index < -0.39 is 16.7 Å². The Kier molecular flexibility index (Phi) is 4.42. The highest BCUT2D eigenvalue weighted by molar-refractivity contribution is 6.27. The fourth-order valence-electron chi connectivity index (χ4n) is 1.52. The molecule has 0 fully saturated rings. The predicted molar refractivity (Wildman–Crippen MR) is 63.6 cm³/mol. The lowest BCUT2D eigenvalue weighted by Gasteiger charge is -2.08. The number of nitro groups is 1.